The molecule has 0 radical (unpaired) electrons. The minimum atomic E-state index is -0.198. The van der Waals surface area contributed by atoms with Gasteiger partial charge in [0.05, 0.1) is 4.87 Å². The number of carbonyl (C=O) groups excluding carboxylic acids is 2. The number of likely N-dealkylation sites (tertiary alicyclic amines) is 1. The standard InChI is InChI=1S/C28H28N2O2S/c1-21-7-9-25(10-8-21)27(32)30-19-20-33-28(30)15-17-29(18-16-28)26(31)24-13-11-23(12-14-24)22-5-3-2-4-6-22/h2-14H,15-20H2,1H3. The van der Waals surface area contributed by atoms with Crippen molar-refractivity contribution in [1.82, 2.24) is 9.80 Å². The molecule has 2 aliphatic heterocycles. The fourth-order valence-electron chi connectivity index (χ4n) is 4.84. The minimum Gasteiger partial charge on any atom is -0.338 e. The fourth-order valence-corrected chi connectivity index (χ4v) is 6.29. The third-order valence-electron chi connectivity index (χ3n) is 6.79. The van der Waals surface area contributed by atoms with Crippen LogP contribution >= 0.6 is 11.8 Å². The van der Waals surface area contributed by atoms with Gasteiger partial charge >= 0.3 is 0 Å². The van der Waals surface area contributed by atoms with Gasteiger partial charge in [-0.25, -0.2) is 0 Å². The molecule has 0 N–H and O–H groups in total. The van der Waals surface area contributed by atoms with Crippen molar-refractivity contribution in [2.75, 3.05) is 25.4 Å². The van der Waals surface area contributed by atoms with Gasteiger partial charge in [-0.3, -0.25) is 9.59 Å². The van der Waals surface area contributed by atoms with E-state index in [1.165, 1.54) is 0 Å². The highest BCUT2D eigenvalue weighted by atomic mass is 32.2. The average molecular weight is 457 g/mol. The van der Waals surface area contributed by atoms with E-state index in [4.69, 9.17) is 0 Å². The Morgan fingerprint density at radius 1 is 0.727 bits per heavy atom. The molecule has 168 valence electrons. The molecule has 0 aliphatic carbocycles. The van der Waals surface area contributed by atoms with Crippen LogP contribution in [0.5, 0.6) is 0 Å². The lowest BCUT2D eigenvalue weighted by Gasteiger charge is -2.44. The van der Waals surface area contributed by atoms with Crippen LogP contribution in [0.15, 0.2) is 78.9 Å². The fraction of sp³-hybridized carbons (Fsp3) is 0.286. The molecular weight excluding hydrogens is 428 g/mol. The van der Waals surface area contributed by atoms with Gasteiger partial charge in [0.2, 0.25) is 0 Å². The summed E-state index contributed by atoms with van der Waals surface area (Å²) in [6.45, 7) is 4.14. The normalized spacial score (nSPS) is 17.4. The van der Waals surface area contributed by atoms with Crippen molar-refractivity contribution >= 4 is 23.6 Å². The third-order valence-corrected chi connectivity index (χ3v) is 8.34. The van der Waals surface area contributed by atoms with E-state index in [2.05, 4.69) is 17.0 Å². The van der Waals surface area contributed by atoms with Crippen LogP contribution in [0.2, 0.25) is 0 Å². The first kappa shape index (κ1) is 21.8. The molecule has 2 amide bonds. The minimum absolute atomic E-state index is 0.0730. The Bertz CT molecular complexity index is 1130. The molecule has 3 aromatic rings. The smallest absolute Gasteiger partial charge is 0.254 e. The molecule has 0 bridgehead atoms. The summed E-state index contributed by atoms with van der Waals surface area (Å²) >= 11 is 1.88. The first-order valence-electron chi connectivity index (χ1n) is 11.5. The predicted molar refractivity (Wildman–Crippen MR) is 134 cm³/mol. The van der Waals surface area contributed by atoms with Crippen LogP contribution in [0, 0.1) is 6.92 Å². The largest absolute Gasteiger partial charge is 0.338 e. The summed E-state index contributed by atoms with van der Waals surface area (Å²) in [5.41, 5.74) is 4.88. The van der Waals surface area contributed by atoms with Gasteiger partial charge in [-0.05, 0) is 55.2 Å². The predicted octanol–water partition coefficient (Wildman–Crippen LogP) is 5.48. The van der Waals surface area contributed by atoms with Gasteiger partial charge in [-0.15, -0.1) is 11.8 Å². The Morgan fingerprint density at radius 3 is 1.97 bits per heavy atom. The number of rotatable bonds is 3. The number of carbonyl (C=O) groups is 2. The van der Waals surface area contributed by atoms with Crippen LogP contribution in [0.1, 0.15) is 39.1 Å². The van der Waals surface area contributed by atoms with Crippen molar-refractivity contribution in [2.45, 2.75) is 24.6 Å². The van der Waals surface area contributed by atoms with Gasteiger partial charge < -0.3 is 9.80 Å². The molecule has 5 heteroatoms. The Labute approximate surface area is 199 Å². The first-order valence-corrected chi connectivity index (χ1v) is 12.5. The number of amides is 2. The second-order valence-corrected chi connectivity index (χ2v) is 10.3. The zero-order chi connectivity index (χ0) is 22.8. The van der Waals surface area contributed by atoms with Crippen LogP contribution in [0.4, 0.5) is 0 Å². The first-order chi connectivity index (χ1) is 16.1. The van der Waals surface area contributed by atoms with Crippen molar-refractivity contribution in [1.29, 1.82) is 0 Å². The van der Waals surface area contributed by atoms with Crippen molar-refractivity contribution in [3.63, 3.8) is 0 Å². The highest BCUT2D eigenvalue weighted by Gasteiger charge is 2.47. The second kappa shape index (κ2) is 9.06. The maximum absolute atomic E-state index is 13.2. The number of benzene rings is 3. The van der Waals surface area contributed by atoms with E-state index in [1.807, 2.05) is 90.3 Å². The van der Waals surface area contributed by atoms with Crippen LogP contribution in [0.3, 0.4) is 0 Å². The van der Waals surface area contributed by atoms with Crippen LogP contribution in [-0.2, 0) is 0 Å². The maximum atomic E-state index is 13.2. The van der Waals surface area contributed by atoms with E-state index in [0.717, 1.165) is 53.0 Å². The monoisotopic (exact) mass is 456 g/mol. The van der Waals surface area contributed by atoms with Crippen molar-refractivity contribution in [3.05, 3.63) is 95.6 Å². The summed E-state index contributed by atoms with van der Waals surface area (Å²) in [5, 5.41) is 0. The quantitative estimate of drug-likeness (QED) is 0.524. The van der Waals surface area contributed by atoms with Crippen LogP contribution < -0.4 is 0 Å². The molecule has 0 atom stereocenters. The third kappa shape index (κ3) is 4.30. The summed E-state index contributed by atoms with van der Waals surface area (Å²) in [4.78, 5) is 30.2. The second-order valence-electron chi connectivity index (χ2n) is 8.85. The molecule has 0 unspecified atom stereocenters. The Hall–Kier alpha value is -3.05. The molecule has 2 saturated heterocycles. The Balaban J connectivity index is 1.26. The number of piperidine rings is 1. The van der Waals surface area contributed by atoms with Crippen molar-refractivity contribution in [2.24, 2.45) is 0 Å². The highest BCUT2D eigenvalue weighted by Crippen LogP contribution is 2.44. The van der Waals surface area contributed by atoms with E-state index < -0.39 is 0 Å². The van der Waals surface area contributed by atoms with Gasteiger partial charge in [-0.2, -0.15) is 0 Å². The van der Waals surface area contributed by atoms with Gasteiger partial charge in [0.15, 0.2) is 0 Å². The zero-order valence-electron chi connectivity index (χ0n) is 18.9. The van der Waals surface area contributed by atoms with Gasteiger partial charge in [0, 0.05) is 36.5 Å². The lowest BCUT2D eigenvalue weighted by atomic mass is 9.99. The van der Waals surface area contributed by atoms with E-state index >= 15 is 0 Å². The van der Waals surface area contributed by atoms with Crippen molar-refractivity contribution in [3.8, 4) is 11.1 Å². The molecule has 0 aromatic heterocycles. The molecule has 3 aromatic carbocycles. The van der Waals surface area contributed by atoms with Crippen LogP contribution in [-0.4, -0.2) is 51.9 Å². The Morgan fingerprint density at radius 2 is 1.30 bits per heavy atom. The molecule has 0 saturated carbocycles. The molecule has 2 fully saturated rings. The van der Waals surface area contributed by atoms with Gasteiger partial charge in [0.1, 0.15) is 0 Å². The summed E-state index contributed by atoms with van der Waals surface area (Å²) in [5.74, 6) is 1.13. The zero-order valence-corrected chi connectivity index (χ0v) is 19.7. The molecule has 4 nitrogen and oxygen atoms in total. The number of aryl methyl sites for hydroxylation is 1. The molecule has 1 spiro atoms. The van der Waals surface area contributed by atoms with Gasteiger partial charge in [0.25, 0.3) is 11.8 Å². The number of thioether (sulfide) groups is 1. The molecule has 2 heterocycles. The highest BCUT2D eigenvalue weighted by molar-refractivity contribution is 8.00. The molecule has 5 rings (SSSR count). The maximum Gasteiger partial charge on any atom is 0.254 e. The van der Waals surface area contributed by atoms with E-state index in [9.17, 15) is 9.59 Å². The SMILES string of the molecule is Cc1ccc(C(=O)N2CCSC23CCN(C(=O)c2ccc(-c4ccccc4)cc2)CC3)cc1. The molecule has 33 heavy (non-hydrogen) atoms. The number of hydrogen-bond acceptors (Lipinski definition) is 3. The summed E-state index contributed by atoms with van der Waals surface area (Å²) in [6.07, 6.45) is 1.62. The van der Waals surface area contributed by atoms with Gasteiger partial charge in [-0.1, -0.05) is 60.2 Å². The lowest BCUT2D eigenvalue weighted by Crippen LogP contribution is -2.53. The summed E-state index contributed by atoms with van der Waals surface area (Å²) in [6, 6.07) is 25.9. The average Bonchev–Trinajstić information content (AvgIpc) is 3.27. The molecular formula is C28H28N2O2S. The topological polar surface area (TPSA) is 40.6 Å². The lowest BCUT2D eigenvalue weighted by molar-refractivity contribution is 0.0498. The van der Waals surface area contributed by atoms with E-state index in [-0.39, 0.29) is 16.7 Å². The Kier molecular flexibility index (Phi) is 5.98. The molecule has 2 aliphatic rings. The van der Waals surface area contributed by atoms with E-state index in [1.54, 1.807) is 0 Å². The summed E-state index contributed by atoms with van der Waals surface area (Å²) in [7, 11) is 0. The van der Waals surface area contributed by atoms with Crippen LogP contribution in [0.25, 0.3) is 11.1 Å². The summed E-state index contributed by atoms with van der Waals surface area (Å²) < 4.78 is 0. The number of hydrogen-bond donors (Lipinski definition) is 0. The van der Waals surface area contributed by atoms with Crippen molar-refractivity contribution < 1.29 is 9.59 Å². The number of nitrogens with zero attached hydrogens (tertiary/aromatic N) is 2. The van der Waals surface area contributed by atoms with E-state index in [0.29, 0.717) is 13.1 Å².